The largest absolute Gasteiger partial charge is 0.395 e. The Morgan fingerprint density at radius 3 is 2.57 bits per heavy atom. The fourth-order valence-electron chi connectivity index (χ4n) is 2.01. The third-order valence-corrected chi connectivity index (χ3v) is 3.16. The van der Waals surface area contributed by atoms with Crippen molar-refractivity contribution in [3.05, 3.63) is 29.8 Å². The monoisotopic (exact) mass is 291 g/mol. The van der Waals surface area contributed by atoms with Gasteiger partial charge in [0.2, 0.25) is 11.8 Å². The number of aliphatic hydroxyl groups is 1. The highest BCUT2D eigenvalue weighted by Crippen LogP contribution is 2.14. The molecule has 0 aliphatic carbocycles. The first-order valence-corrected chi connectivity index (χ1v) is 6.67. The first-order chi connectivity index (χ1) is 10.1. The minimum atomic E-state index is -0.356. The summed E-state index contributed by atoms with van der Waals surface area (Å²) in [6.07, 6.45) is 0.202. The summed E-state index contributed by atoms with van der Waals surface area (Å²) >= 11 is 0. The van der Waals surface area contributed by atoms with E-state index in [-0.39, 0.29) is 43.2 Å². The molecular weight excluding hydrogens is 274 g/mol. The molecule has 0 saturated carbocycles. The van der Waals surface area contributed by atoms with E-state index >= 15 is 0 Å². The average Bonchev–Trinajstić information content (AvgIpc) is 2.92. The van der Waals surface area contributed by atoms with Crippen LogP contribution < -0.4 is 16.0 Å². The van der Waals surface area contributed by atoms with E-state index in [1.54, 1.807) is 24.3 Å². The quantitative estimate of drug-likeness (QED) is 0.585. The average molecular weight is 291 g/mol. The number of carbonyl (C=O) groups is 3. The molecule has 1 saturated heterocycles. The van der Waals surface area contributed by atoms with Crippen LogP contribution in [0.1, 0.15) is 16.8 Å². The maximum absolute atomic E-state index is 11.9. The van der Waals surface area contributed by atoms with Gasteiger partial charge in [0.25, 0.3) is 5.91 Å². The van der Waals surface area contributed by atoms with Gasteiger partial charge < -0.3 is 21.1 Å². The lowest BCUT2D eigenvalue weighted by Crippen LogP contribution is -2.26. The van der Waals surface area contributed by atoms with Gasteiger partial charge in [-0.15, -0.1) is 0 Å². The number of benzene rings is 1. The fourth-order valence-corrected chi connectivity index (χ4v) is 2.01. The molecule has 3 amide bonds. The third kappa shape index (κ3) is 4.03. The zero-order valence-corrected chi connectivity index (χ0v) is 11.4. The predicted octanol–water partition coefficient (Wildman–Crippen LogP) is -0.517. The molecule has 1 aliphatic rings. The molecule has 1 unspecified atom stereocenters. The standard InChI is InChI=1S/C14H17N3O4/c18-6-5-15-13(20)9-1-3-11(4-2-9)17-14(21)10-7-12(19)16-8-10/h1-4,10,18H,5-8H2,(H,15,20)(H,16,19)(H,17,21). The summed E-state index contributed by atoms with van der Waals surface area (Å²) in [5, 5.41) is 16.5. The summed E-state index contributed by atoms with van der Waals surface area (Å²) in [7, 11) is 0. The smallest absolute Gasteiger partial charge is 0.251 e. The van der Waals surface area contributed by atoms with E-state index in [9.17, 15) is 14.4 Å². The highest BCUT2D eigenvalue weighted by Gasteiger charge is 2.27. The van der Waals surface area contributed by atoms with Gasteiger partial charge in [0.1, 0.15) is 0 Å². The number of nitrogens with one attached hydrogen (secondary N) is 3. The van der Waals surface area contributed by atoms with E-state index in [1.165, 1.54) is 0 Å². The molecule has 0 spiro atoms. The Bertz CT molecular complexity index is 542. The van der Waals surface area contributed by atoms with E-state index in [1.807, 2.05) is 0 Å². The Balaban J connectivity index is 1.91. The SMILES string of the molecule is O=C1CC(C(=O)Nc2ccc(C(=O)NCCO)cc2)CN1. The van der Waals surface area contributed by atoms with Crippen LogP contribution in [0.4, 0.5) is 5.69 Å². The van der Waals surface area contributed by atoms with Crippen molar-refractivity contribution in [2.45, 2.75) is 6.42 Å². The highest BCUT2D eigenvalue weighted by atomic mass is 16.3. The van der Waals surface area contributed by atoms with Crippen molar-refractivity contribution in [2.75, 3.05) is 25.0 Å². The topological polar surface area (TPSA) is 108 Å². The van der Waals surface area contributed by atoms with Crippen LogP contribution in [-0.2, 0) is 9.59 Å². The number of anilines is 1. The summed E-state index contributed by atoms with van der Waals surface area (Å²) in [5.74, 6) is -0.977. The molecule has 7 nitrogen and oxygen atoms in total. The summed E-state index contributed by atoms with van der Waals surface area (Å²) in [4.78, 5) is 34.6. The van der Waals surface area contributed by atoms with E-state index in [2.05, 4.69) is 16.0 Å². The Labute approximate surface area is 121 Å². The minimum Gasteiger partial charge on any atom is -0.395 e. The fraction of sp³-hybridized carbons (Fsp3) is 0.357. The zero-order chi connectivity index (χ0) is 15.2. The molecule has 4 N–H and O–H groups in total. The van der Waals surface area contributed by atoms with Gasteiger partial charge in [-0.2, -0.15) is 0 Å². The minimum absolute atomic E-state index is 0.117. The van der Waals surface area contributed by atoms with Gasteiger partial charge in [0, 0.05) is 30.8 Å². The van der Waals surface area contributed by atoms with Crippen molar-refractivity contribution in [1.29, 1.82) is 0 Å². The van der Waals surface area contributed by atoms with Crippen molar-refractivity contribution < 1.29 is 19.5 Å². The molecule has 0 radical (unpaired) electrons. The molecular formula is C14H17N3O4. The molecule has 1 aromatic carbocycles. The first kappa shape index (κ1) is 15.0. The molecule has 112 valence electrons. The second-order valence-corrected chi connectivity index (χ2v) is 4.75. The first-order valence-electron chi connectivity index (χ1n) is 6.67. The second-order valence-electron chi connectivity index (χ2n) is 4.75. The maximum Gasteiger partial charge on any atom is 0.251 e. The van der Waals surface area contributed by atoms with E-state index in [0.29, 0.717) is 17.8 Å². The lowest BCUT2D eigenvalue weighted by atomic mass is 10.1. The van der Waals surface area contributed by atoms with E-state index in [0.717, 1.165) is 0 Å². The summed E-state index contributed by atoms with van der Waals surface area (Å²) in [6.45, 7) is 0.431. The molecule has 1 aromatic rings. The predicted molar refractivity (Wildman–Crippen MR) is 75.6 cm³/mol. The number of rotatable bonds is 5. The van der Waals surface area contributed by atoms with Crippen LogP contribution in [0.3, 0.4) is 0 Å². The van der Waals surface area contributed by atoms with Crippen molar-refractivity contribution >= 4 is 23.4 Å². The number of amides is 3. The molecule has 7 heteroatoms. The molecule has 1 aliphatic heterocycles. The van der Waals surface area contributed by atoms with Crippen LogP contribution in [0.2, 0.25) is 0 Å². The number of hydrogen-bond acceptors (Lipinski definition) is 4. The lowest BCUT2D eigenvalue weighted by molar-refractivity contribution is -0.123. The van der Waals surface area contributed by atoms with Gasteiger partial charge in [0.15, 0.2) is 0 Å². The molecule has 0 aromatic heterocycles. The van der Waals surface area contributed by atoms with Crippen molar-refractivity contribution in [3.8, 4) is 0 Å². The Morgan fingerprint density at radius 1 is 1.29 bits per heavy atom. The number of hydrogen-bond donors (Lipinski definition) is 4. The van der Waals surface area contributed by atoms with Crippen LogP contribution in [0.25, 0.3) is 0 Å². The molecule has 0 bridgehead atoms. The van der Waals surface area contributed by atoms with Crippen LogP contribution in [0.15, 0.2) is 24.3 Å². The normalized spacial score (nSPS) is 17.2. The third-order valence-electron chi connectivity index (χ3n) is 3.16. The second kappa shape index (κ2) is 6.85. The van der Waals surface area contributed by atoms with Crippen LogP contribution >= 0.6 is 0 Å². The summed E-state index contributed by atoms with van der Waals surface area (Å²) in [5.41, 5.74) is 1.01. The van der Waals surface area contributed by atoms with E-state index < -0.39 is 0 Å². The molecule has 1 heterocycles. The number of carbonyl (C=O) groups excluding carboxylic acids is 3. The van der Waals surface area contributed by atoms with Crippen LogP contribution in [0.5, 0.6) is 0 Å². The molecule has 2 rings (SSSR count). The van der Waals surface area contributed by atoms with Gasteiger partial charge in [-0.1, -0.05) is 0 Å². The van der Waals surface area contributed by atoms with Gasteiger partial charge in [-0.3, -0.25) is 14.4 Å². The van der Waals surface area contributed by atoms with Gasteiger partial charge in [-0.05, 0) is 24.3 Å². The van der Waals surface area contributed by atoms with Crippen molar-refractivity contribution in [1.82, 2.24) is 10.6 Å². The summed E-state index contributed by atoms with van der Waals surface area (Å²) < 4.78 is 0. The molecule has 1 atom stereocenters. The molecule has 1 fully saturated rings. The van der Waals surface area contributed by atoms with Crippen LogP contribution in [0, 0.1) is 5.92 Å². The Kier molecular flexibility index (Phi) is 4.89. The van der Waals surface area contributed by atoms with Crippen molar-refractivity contribution in [2.24, 2.45) is 5.92 Å². The van der Waals surface area contributed by atoms with Gasteiger partial charge in [0.05, 0.1) is 12.5 Å². The molecule has 21 heavy (non-hydrogen) atoms. The Hall–Kier alpha value is -2.41. The highest BCUT2D eigenvalue weighted by molar-refractivity contribution is 5.98. The summed E-state index contributed by atoms with van der Waals surface area (Å²) in [6, 6.07) is 6.41. The maximum atomic E-state index is 11.9. The Morgan fingerprint density at radius 2 is 2.00 bits per heavy atom. The zero-order valence-electron chi connectivity index (χ0n) is 11.4. The number of aliphatic hydroxyl groups excluding tert-OH is 1. The van der Waals surface area contributed by atoms with E-state index in [4.69, 9.17) is 5.11 Å². The van der Waals surface area contributed by atoms with Crippen LogP contribution in [-0.4, -0.2) is 42.5 Å². The van der Waals surface area contributed by atoms with Gasteiger partial charge in [-0.25, -0.2) is 0 Å². The van der Waals surface area contributed by atoms with Gasteiger partial charge >= 0.3 is 0 Å². The van der Waals surface area contributed by atoms with Crippen molar-refractivity contribution in [3.63, 3.8) is 0 Å². The lowest BCUT2D eigenvalue weighted by Gasteiger charge is -2.10.